The van der Waals surface area contributed by atoms with Crippen molar-refractivity contribution < 1.29 is 14.0 Å². The number of benzene rings is 1. The number of halogens is 3. The number of amides is 3. The Morgan fingerprint density at radius 2 is 2.12 bits per heavy atom. The lowest BCUT2D eigenvalue weighted by Gasteiger charge is -2.39. The third-order valence-electron chi connectivity index (χ3n) is 4.52. The number of fused-ring (bicyclic) bond motifs is 1. The van der Waals surface area contributed by atoms with E-state index in [0.717, 1.165) is 0 Å². The van der Waals surface area contributed by atoms with E-state index in [9.17, 15) is 14.0 Å². The van der Waals surface area contributed by atoms with Gasteiger partial charge in [0.1, 0.15) is 16.9 Å². The molecule has 3 heterocycles. The number of carbonyl (C=O) groups is 2. The van der Waals surface area contributed by atoms with Gasteiger partial charge in [0.15, 0.2) is 5.82 Å². The molecule has 2 fully saturated rings. The van der Waals surface area contributed by atoms with Gasteiger partial charge in [0.05, 0.1) is 11.0 Å². The van der Waals surface area contributed by atoms with Crippen LogP contribution in [0.15, 0.2) is 16.6 Å². The monoisotopic (exact) mass is 427 g/mol. The van der Waals surface area contributed by atoms with E-state index in [0.29, 0.717) is 30.6 Å². The number of hydrogen-bond donors (Lipinski definition) is 2. The number of piperidine rings is 1. The molecular weight excluding hydrogens is 417 g/mol. The molecule has 2 aromatic rings. The summed E-state index contributed by atoms with van der Waals surface area (Å²) in [5.41, 5.74) is -0.906. The number of imide groups is 1. The SMILES string of the molecule is O=C1NC(=O)C2(CCCN(c3nc(Cl)nc4c(F)c(Br)ccc34)C2)N1. The maximum Gasteiger partial charge on any atom is 0.322 e. The normalized spacial score (nSPS) is 23.2. The van der Waals surface area contributed by atoms with Gasteiger partial charge in [-0.15, -0.1) is 0 Å². The van der Waals surface area contributed by atoms with Crippen LogP contribution in [-0.2, 0) is 4.79 Å². The average molecular weight is 429 g/mol. The minimum Gasteiger partial charge on any atom is -0.353 e. The number of carbonyl (C=O) groups excluding carboxylic acids is 2. The van der Waals surface area contributed by atoms with Crippen molar-refractivity contribution in [1.82, 2.24) is 20.6 Å². The fourth-order valence-corrected chi connectivity index (χ4v) is 3.87. The lowest BCUT2D eigenvalue weighted by molar-refractivity contribution is -0.124. The summed E-state index contributed by atoms with van der Waals surface area (Å²) in [6.07, 6.45) is 1.19. The highest BCUT2D eigenvalue weighted by Gasteiger charge is 2.49. The van der Waals surface area contributed by atoms with Gasteiger partial charge < -0.3 is 10.2 Å². The summed E-state index contributed by atoms with van der Waals surface area (Å²) in [7, 11) is 0. The van der Waals surface area contributed by atoms with E-state index in [2.05, 4.69) is 36.5 Å². The van der Waals surface area contributed by atoms with Crippen LogP contribution in [-0.4, -0.2) is 40.5 Å². The summed E-state index contributed by atoms with van der Waals surface area (Å²) in [6.45, 7) is 0.829. The van der Waals surface area contributed by atoms with Crippen LogP contribution in [0.25, 0.3) is 10.9 Å². The number of nitrogens with zero attached hydrogens (tertiary/aromatic N) is 3. The van der Waals surface area contributed by atoms with Crippen molar-refractivity contribution in [1.29, 1.82) is 0 Å². The first-order valence-electron chi connectivity index (χ1n) is 7.59. The van der Waals surface area contributed by atoms with Crippen LogP contribution in [0, 0.1) is 5.82 Å². The molecule has 1 atom stereocenters. The van der Waals surface area contributed by atoms with Crippen molar-refractivity contribution >= 4 is 56.2 Å². The van der Waals surface area contributed by atoms with Crippen molar-refractivity contribution in [3.8, 4) is 0 Å². The van der Waals surface area contributed by atoms with E-state index >= 15 is 0 Å². The Morgan fingerprint density at radius 1 is 1.32 bits per heavy atom. The Labute approximate surface area is 155 Å². The molecule has 1 aromatic carbocycles. The molecule has 3 amide bonds. The second kappa shape index (κ2) is 5.77. The molecule has 2 aliphatic heterocycles. The average Bonchev–Trinajstić information content (AvgIpc) is 2.84. The molecule has 0 aliphatic carbocycles. The van der Waals surface area contributed by atoms with Crippen LogP contribution in [0.2, 0.25) is 5.28 Å². The van der Waals surface area contributed by atoms with E-state index in [-0.39, 0.29) is 27.7 Å². The van der Waals surface area contributed by atoms with Gasteiger partial charge in [-0.05, 0) is 52.5 Å². The van der Waals surface area contributed by atoms with Gasteiger partial charge in [-0.1, -0.05) is 0 Å². The quantitative estimate of drug-likeness (QED) is 0.538. The molecule has 2 saturated heterocycles. The summed E-state index contributed by atoms with van der Waals surface area (Å²) in [5, 5.41) is 5.38. The molecular formula is C15H12BrClFN5O2. The fourth-order valence-electron chi connectivity index (χ4n) is 3.39. The Morgan fingerprint density at radius 3 is 2.84 bits per heavy atom. The molecule has 4 rings (SSSR count). The van der Waals surface area contributed by atoms with Crippen molar-refractivity contribution in [3.63, 3.8) is 0 Å². The first-order chi connectivity index (χ1) is 11.9. The molecule has 2 N–H and O–H groups in total. The second-order valence-electron chi connectivity index (χ2n) is 6.09. The zero-order valence-corrected chi connectivity index (χ0v) is 15.1. The fraction of sp³-hybridized carbons (Fsp3) is 0.333. The molecule has 25 heavy (non-hydrogen) atoms. The summed E-state index contributed by atoms with van der Waals surface area (Å²) >= 11 is 9.12. The molecule has 0 radical (unpaired) electrons. The van der Waals surface area contributed by atoms with Crippen LogP contribution in [0.1, 0.15) is 12.8 Å². The van der Waals surface area contributed by atoms with Crippen LogP contribution in [0.4, 0.5) is 15.0 Å². The Kier molecular flexibility index (Phi) is 3.80. The largest absolute Gasteiger partial charge is 0.353 e. The van der Waals surface area contributed by atoms with E-state index in [1.54, 1.807) is 12.1 Å². The van der Waals surface area contributed by atoms with Crippen LogP contribution in [0.5, 0.6) is 0 Å². The predicted octanol–water partition coefficient (Wildman–Crippen LogP) is 2.36. The molecule has 1 aromatic heterocycles. The highest BCUT2D eigenvalue weighted by molar-refractivity contribution is 9.10. The number of nitrogens with one attached hydrogen (secondary N) is 2. The van der Waals surface area contributed by atoms with Crippen LogP contribution >= 0.6 is 27.5 Å². The van der Waals surface area contributed by atoms with Crippen molar-refractivity contribution in [2.45, 2.75) is 18.4 Å². The zero-order valence-electron chi connectivity index (χ0n) is 12.8. The summed E-state index contributed by atoms with van der Waals surface area (Å²) in [6, 6.07) is 2.76. The molecule has 0 bridgehead atoms. The Balaban J connectivity index is 1.81. The van der Waals surface area contributed by atoms with Gasteiger partial charge in [-0.2, -0.15) is 4.98 Å². The standard InChI is InChI=1S/C15H12BrClFN5O2/c16-8-3-2-7-10(9(8)18)19-13(17)20-11(7)23-5-1-4-15(6-23)12(24)21-14(25)22-15/h2-3H,1,4-6H2,(H2,21,22,24,25). The molecule has 10 heteroatoms. The van der Waals surface area contributed by atoms with E-state index in [1.165, 1.54) is 0 Å². The third-order valence-corrected chi connectivity index (χ3v) is 5.30. The Bertz CT molecular complexity index is 926. The van der Waals surface area contributed by atoms with E-state index < -0.39 is 17.4 Å². The lowest BCUT2D eigenvalue weighted by atomic mass is 9.89. The molecule has 2 aliphatic rings. The second-order valence-corrected chi connectivity index (χ2v) is 7.28. The van der Waals surface area contributed by atoms with Gasteiger partial charge >= 0.3 is 6.03 Å². The number of urea groups is 1. The van der Waals surface area contributed by atoms with Gasteiger partial charge in [0.25, 0.3) is 5.91 Å². The molecule has 0 saturated carbocycles. The highest BCUT2D eigenvalue weighted by atomic mass is 79.9. The van der Waals surface area contributed by atoms with Gasteiger partial charge in [0, 0.05) is 11.9 Å². The van der Waals surface area contributed by atoms with Gasteiger partial charge in [-0.3, -0.25) is 10.1 Å². The first-order valence-corrected chi connectivity index (χ1v) is 8.76. The minimum absolute atomic E-state index is 0.0842. The van der Waals surface area contributed by atoms with Crippen LogP contribution < -0.4 is 15.5 Å². The predicted molar refractivity (Wildman–Crippen MR) is 93.1 cm³/mol. The number of aromatic nitrogens is 2. The molecule has 7 nitrogen and oxygen atoms in total. The maximum atomic E-state index is 14.4. The molecule has 1 spiro atoms. The smallest absolute Gasteiger partial charge is 0.322 e. The van der Waals surface area contributed by atoms with Crippen LogP contribution in [0.3, 0.4) is 0 Å². The lowest BCUT2D eigenvalue weighted by Crippen LogP contribution is -2.58. The maximum absolute atomic E-state index is 14.4. The summed E-state index contributed by atoms with van der Waals surface area (Å²) in [5.74, 6) is -0.448. The summed E-state index contributed by atoms with van der Waals surface area (Å²) in [4.78, 5) is 33.8. The zero-order chi connectivity index (χ0) is 17.8. The molecule has 1 unspecified atom stereocenters. The van der Waals surface area contributed by atoms with E-state index in [1.807, 2.05) is 4.90 Å². The van der Waals surface area contributed by atoms with Gasteiger partial charge in [0.2, 0.25) is 5.28 Å². The number of hydrogen-bond acceptors (Lipinski definition) is 5. The first kappa shape index (κ1) is 16.5. The minimum atomic E-state index is -1.01. The third kappa shape index (κ3) is 2.62. The van der Waals surface area contributed by atoms with Crippen molar-refractivity contribution in [2.24, 2.45) is 0 Å². The highest BCUT2D eigenvalue weighted by Crippen LogP contribution is 2.34. The number of rotatable bonds is 1. The summed E-state index contributed by atoms with van der Waals surface area (Å²) < 4.78 is 14.7. The van der Waals surface area contributed by atoms with Crippen molar-refractivity contribution in [3.05, 3.63) is 27.7 Å². The van der Waals surface area contributed by atoms with Crippen molar-refractivity contribution in [2.75, 3.05) is 18.0 Å². The Hall–Kier alpha value is -2.00. The number of anilines is 1. The van der Waals surface area contributed by atoms with Gasteiger partial charge in [-0.25, -0.2) is 14.2 Å². The van der Waals surface area contributed by atoms with E-state index in [4.69, 9.17) is 11.6 Å². The topological polar surface area (TPSA) is 87.2 Å². The molecule has 130 valence electrons.